The van der Waals surface area contributed by atoms with E-state index < -0.39 is 17.9 Å². The molecule has 25 heavy (non-hydrogen) atoms. The minimum absolute atomic E-state index is 0.168. The Morgan fingerprint density at radius 2 is 1.80 bits per heavy atom. The van der Waals surface area contributed by atoms with Crippen LogP contribution >= 0.6 is 0 Å². The van der Waals surface area contributed by atoms with E-state index in [1.165, 1.54) is 7.11 Å². The number of carbonyl (C=O) groups is 2. The molecule has 0 saturated carbocycles. The largest absolute Gasteiger partial charge is 0.497 e. The zero-order valence-electron chi connectivity index (χ0n) is 15.0. The van der Waals surface area contributed by atoms with Gasteiger partial charge in [0.15, 0.2) is 0 Å². The van der Waals surface area contributed by atoms with Gasteiger partial charge in [-0.2, -0.15) is 0 Å². The van der Waals surface area contributed by atoms with Gasteiger partial charge in [0.1, 0.15) is 5.75 Å². The molecule has 2 N–H and O–H groups in total. The molecule has 1 heterocycles. The lowest BCUT2D eigenvalue weighted by atomic mass is 9.74. The summed E-state index contributed by atoms with van der Waals surface area (Å²) in [4.78, 5) is 24.3. The maximum atomic E-state index is 12.4. The van der Waals surface area contributed by atoms with E-state index >= 15 is 0 Å². The third-order valence-corrected chi connectivity index (χ3v) is 4.56. The van der Waals surface area contributed by atoms with Crippen molar-refractivity contribution >= 4 is 11.9 Å². The van der Waals surface area contributed by atoms with E-state index in [0.717, 1.165) is 5.56 Å². The van der Waals surface area contributed by atoms with Crippen molar-refractivity contribution < 1.29 is 24.2 Å². The highest BCUT2D eigenvalue weighted by molar-refractivity contribution is 5.97. The fourth-order valence-electron chi connectivity index (χ4n) is 3.33. The molecule has 2 rings (SSSR count). The number of hydrogen-bond donors (Lipinski definition) is 2. The second-order valence-electron chi connectivity index (χ2n) is 6.04. The summed E-state index contributed by atoms with van der Waals surface area (Å²) in [5, 5.41) is 12.7. The summed E-state index contributed by atoms with van der Waals surface area (Å²) in [7, 11) is 2.87. The first kappa shape index (κ1) is 18.6. The van der Waals surface area contributed by atoms with Crippen molar-refractivity contribution in [3.8, 4) is 5.75 Å². The molecule has 2 atom stereocenters. The topological polar surface area (TPSA) is 84.9 Å². The molecule has 0 aromatic heterocycles. The van der Waals surface area contributed by atoms with Gasteiger partial charge in [-0.3, -0.25) is 0 Å². The Hall–Kier alpha value is -2.76. The van der Waals surface area contributed by atoms with Crippen molar-refractivity contribution in [2.45, 2.75) is 26.7 Å². The van der Waals surface area contributed by atoms with Gasteiger partial charge in [0, 0.05) is 17.3 Å². The van der Waals surface area contributed by atoms with Crippen molar-refractivity contribution in [2.24, 2.45) is 5.92 Å². The van der Waals surface area contributed by atoms with Crippen LogP contribution in [0.5, 0.6) is 5.75 Å². The van der Waals surface area contributed by atoms with E-state index in [4.69, 9.17) is 9.47 Å². The molecule has 1 aromatic carbocycles. The van der Waals surface area contributed by atoms with Crippen molar-refractivity contribution in [3.63, 3.8) is 0 Å². The molecule has 0 aliphatic carbocycles. The number of carbonyl (C=O) groups excluding carboxylic acids is 1. The number of esters is 1. The third kappa shape index (κ3) is 3.52. The first-order valence-electron chi connectivity index (χ1n) is 7.95. The Labute approximate surface area is 147 Å². The Kier molecular flexibility index (Phi) is 5.51. The van der Waals surface area contributed by atoms with E-state index in [-0.39, 0.29) is 11.5 Å². The number of hydrogen-bond acceptors (Lipinski definition) is 5. The summed E-state index contributed by atoms with van der Waals surface area (Å²) in [5.41, 5.74) is 2.51. The van der Waals surface area contributed by atoms with Crippen LogP contribution in [0.15, 0.2) is 46.8 Å². The number of ether oxygens (including phenoxy) is 2. The zero-order chi connectivity index (χ0) is 18.7. The number of benzene rings is 1. The number of dihydropyridines is 1. The van der Waals surface area contributed by atoms with Crippen LogP contribution in [0.3, 0.4) is 0 Å². The first-order chi connectivity index (χ1) is 11.8. The quantitative estimate of drug-likeness (QED) is 0.798. The predicted octanol–water partition coefficient (Wildman–Crippen LogP) is 2.82. The van der Waals surface area contributed by atoms with Crippen LogP contribution in [-0.2, 0) is 14.3 Å². The average Bonchev–Trinajstić information content (AvgIpc) is 2.59. The number of carboxylic acids is 1. The van der Waals surface area contributed by atoms with Crippen LogP contribution in [-0.4, -0.2) is 31.3 Å². The second kappa shape index (κ2) is 7.42. The van der Waals surface area contributed by atoms with Gasteiger partial charge in [-0.25, -0.2) is 9.59 Å². The van der Waals surface area contributed by atoms with Gasteiger partial charge in [-0.1, -0.05) is 19.1 Å². The summed E-state index contributed by atoms with van der Waals surface area (Å²) in [6.07, 6.45) is 0. The highest BCUT2D eigenvalue weighted by Crippen LogP contribution is 2.41. The summed E-state index contributed by atoms with van der Waals surface area (Å²) in [6.45, 7) is 5.35. The minimum atomic E-state index is -1.06. The predicted molar refractivity (Wildman–Crippen MR) is 93.1 cm³/mol. The smallest absolute Gasteiger partial charge is 0.336 e. The molecule has 6 heteroatoms. The monoisotopic (exact) mass is 345 g/mol. The van der Waals surface area contributed by atoms with Crippen molar-refractivity contribution in [1.82, 2.24) is 5.32 Å². The van der Waals surface area contributed by atoms with Crippen molar-refractivity contribution in [2.75, 3.05) is 14.2 Å². The van der Waals surface area contributed by atoms with E-state index in [0.29, 0.717) is 22.7 Å². The van der Waals surface area contributed by atoms with Crippen LogP contribution in [0.1, 0.15) is 32.3 Å². The fraction of sp³-hybridized carbons (Fsp3) is 0.368. The first-order valence-corrected chi connectivity index (χ1v) is 7.95. The van der Waals surface area contributed by atoms with E-state index in [1.807, 2.05) is 31.2 Å². The molecule has 0 saturated heterocycles. The van der Waals surface area contributed by atoms with Crippen LogP contribution in [0.25, 0.3) is 0 Å². The molecule has 0 spiro atoms. The SMILES string of the molecule is COC(=O)C1=C(C)NC(C)=C(C(=O)O)C1C(C)c1cccc(OC)c1. The lowest BCUT2D eigenvalue weighted by Gasteiger charge is -2.33. The number of aliphatic carboxylic acids is 1. The summed E-state index contributed by atoms with van der Waals surface area (Å²) in [5.74, 6) is -1.80. The molecule has 0 bridgehead atoms. The molecule has 0 fully saturated rings. The number of nitrogens with one attached hydrogen (secondary N) is 1. The Balaban J connectivity index is 2.61. The summed E-state index contributed by atoms with van der Waals surface area (Å²) in [6, 6.07) is 7.41. The molecule has 0 radical (unpaired) electrons. The highest BCUT2D eigenvalue weighted by atomic mass is 16.5. The lowest BCUT2D eigenvalue weighted by Crippen LogP contribution is -2.35. The number of rotatable bonds is 5. The maximum absolute atomic E-state index is 12.4. The van der Waals surface area contributed by atoms with Gasteiger partial charge in [-0.15, -0.1) is 0 Å². The molecular weight excluding hydrogens is 322 g/mol. The van der Waals surface area contributed by atoms with Gasteiger partial charge in [0.25, 0.3) is 0 Å². The lowest BCUT2D eigenvalue weighted by molar-refractivity contribution is -0.137. The molecule has 134 valence electrons. The average molecular weight is 345 g/mol. The summed E-state index contributed by atoms with van der Waals surface area (Å²) >= 11 is 0. The standard InChI is InChI=1S/C19H23NO5/c1-10(13-7-6-8-14(9-13)24-4)15-16(18(21)22)11(2)20-12(3)17(15)19(23)25-5/h6-10,15,20H,1-5H3,(H,21,22). The van der Waals surface area contributed by atoms with Crippen molar-refractivity contribution in [3.05, 3.63) is 52.4 Å². The molecule has 1 aliphatic rings. The zero-order valence-corrected chi connectivity index (χ0v) is 15.0. The molecule has 1 aromatic rings. The van der Waals surface area contributed by atoms with Crippen LogP contribution in [0.4, 0.5) is 0 Å². The number of methoxy groups -OCH3 is 2. The Morgan fingerprint density at radius 1 is 1.16 bits per heavy atom. The molecule has 0 amide bonds. The third-order valence-electron chi connectivity index (χ3n) is 4.56. The van der Waals surface area contributed by atoms with Gasteiger partial charge in [0.2, 0.25) is 0 Å². The normalized spacial score (nSPS) is 18.5. The van der Waals surface area contributed by atoms with Crippen molar-refractivity contribution in [1.29, 1.82) is 0 Å². The second-order valence-corrected chi connectivity index (χ2v) is 6.04. The Bertz CT molecular complexity index is 763. The molecular formula is C19H23NO5. The van der Waals surface area contributed by atoms with Gasteiger partial charge >= 0.3 is 11.9 Å². The fourth-order valence-corrected chi connectivity index (χ4v) is 3.33. The number of carboxylic acid groups (broad SMARTS) is 1. The molecule has 6 nitrogen and oxygen atoms in total. The molecule has 1 aliphatic heterocycles. The Morgan fingerprint density at radius 3 is 2.36 bits per heavy atom. The van der Waals surface area contributed by atoms with E-state index in [2.05, 4.69) is 5.32 Å². The van der Waals surface area contributed by atoms with Crippen LogP contribution in [0.2, 0.25) is 0 Å². The van der Waals surface area contributed by atoms with E-state index in [1.54, 1.807) is 21.0 Å². The van der Waals surface area contributed by atoms with Gasteiger partial charge in [-0.05, 0) is 37.5 Å². The van der Waals surface area contributed by atoms with Gasteiger partial charge in [0.05, 0.1) is 25.4 Å². The van der Waals surface area contributed by atoms with Crippen LogP contribution in [0, 0.1) is 5.92 Å². The van der Waals surface area contributed by atoms with E-state index in [9.17, 15) is 14.7 Å². The van der Waals surface area contributed by atoms with Crippen LogP contribution < -0.4 is 10.1 Å². The number of allylic oxidation sites excluding steroid dienone is 2. The minimum Gasteiger partial charge on any atom is -0.497 e. The molecule has 2 unspecified atom stereocenters. The van der Waals surface area contributed by atoms with Gasteiger partial charge < -0.3 is 19.9 Å². The maximum Gasteiger partial charge on any atom is 0.336 e. The highest BCUT2D eigenvalue weighted by Gasteiger charge is 2.39. The summed E-state index contributed by atoms with van der Waals surface area (Å²) < 4.78 is 10.2.